The number of carbonyl (C=O) groups is 2. The first kappa shape index (κ1) is 16.2. The Morgan fingerprint density at radius 3 is 2.90 bits per heavy atom. The van der Waals surface area contributed by atoms with E-state index in [9.17, 15) is 9.59 Å². The molecule has 108 valence electrons. The summed E-state index contributed by atoms with van der Waals surface area (Å²) in [6.07, 6.45) is 6.70. The normalized spacial score (nSPS) is 12.3. The molecule has 0 aliphatic heterocycles. The topological polar surface area (TPSA) is 79.3 Å². The van der Waals surface area contributed by atoms with Gasteiger partial charge in [-0.05, 0) is 24.8 Å². The fourth-order valence-corrected chi connectivity index (χ4v) is 2.34. The maximum Gasteiger partial charge on any atom is 0.328 e. The largest absolute Gasteiger partial charge is 0.478 e. The van der Waals surface area contributed by atoms with Gasteiger partial charge in [0, 0.05) is 29.6 Å². The molecule has 0 aliphatic rings. The lowest BCUT2D eigenvalue weighted by atomic mass is 10.1. The first-order valence-corrected chi connectivity index (χ1v) is 7.63. The van der Waals surface area contributed by atoms with Gasteiger partial charge in [-0.3, -0.25) is 9.78 Å². The predicted molar refractivity (Wildman–Crippen MR) is 80.8 cm³/mol. The van der Waals surface area contributed by atoms with Crippen molar-refractivity contribution in [1.82, 2.24) is 10.3 Å². The van der Waals surface area contributed by atoms with Gasteiger partial charge in [0.05, 0.1) is 0 Å². The molecule has 1 rings (SSSR count). The number of amides is 1. The molecule has 0 bridgehead atoms. The van der Waals surface area contributed by atoms with Crippen LogP contribution in [0, 0.1) is 0 Å². The van der Waals surface area contributed by atoms with E-state index < -0.39 is 5.97 Å². The minimum Gasteiger partial charge on any atom is -0.478 e. The maximum absolute atomic E-state index is 12.2. The maximum atomic E-state index is 12.2. The van der Waals surface area contributed by atoms with E-state index >= 15 is 0 Å². The number of hydrogen-bond acceptors (Lipinski definition) is 4. The molecule has 1 atom stereocenters. The second-order valence-corrected chi connectivity index (χ2v) is 5.06. The Bertz CT molecular complexity index is 503. The lowest BCUT2D eigenvalue weighted by Gasteiger charge is -2.16. The van der Waals surface area contributed by atoms with E-state index in [1.807, 2.05) is 13.2 Å². The van der Waals surface area contributed by atoms with E-state index in [1.165, 1.54) is 12.3 Å². The zero-order valence-electron chi connectivity index (χ0n) is 11.5. The van der Waals surface area contributed by atoms with Gasteiger partial charge in [0.15, 0.2) is 0 Å². The molecule has 1 heterocycles. The van der Waals surface area contributed by atoms with E-state index in [4.69, 9.17) is 5.11 Å². The highest BCUT2D eigenvalue weighted by atomic mass is 32.2. The van der Waals surface area contributed by atoms with Gasteiger partial charge in [-0.15, -0.1) is 0 Å². The van der Waals surface area contributed by atoms with Crippen LogP contribution in [0.1, 0.15) is 29.4 Å². The molecule has 0 radical (unpaired) electrons. The summed E-state index contributed by atoms with van der Waals surface area (Å²) in [6, 6.07) is 3.41. The van der Waals surface area contributed by atoms with Gasteiger partial charge >= 0.3 is 5.97 Å². The third-order valence-corrected chi connectivity index (χ3v) is 3.39. The molecule has 1 aromatic heterocycles. The van der Waals surface area contributed by atoms with Gasteiger partial charge in [0.25, 0.3) is 5.91 Å². The number of carboxylic acid groups (broad SMARTS) is 1. The number of carboxylic acids is 1. The number of nitrogens with one attached hydrogen (secondary N) is 1. The number of hydrogen-bond donors (Lipinski definition) is 2. The van der Waals surface area contributed by atoms with Crippen molar-refractivity contribution in [3.05, 3.63) is 35.7 Å². The molecule has 1 amide bonds. The Balaban J connectivity index is 2.89. The summed E-state index contributed by atoms with van der Waals surface area (Å²) in [4.78, 5) is 26.8. The molecular weight excluding hydrogens is 276 g/mol. The van der Waals surface area contributed by atoms with Crippen molar-refractivity contribution in [2.75, 3.05) is 12.0 Å². The second-order valence-electron chi connectivity index (χ2n) is 4.15. The minimum absolute atomic E-state index is 0.0795. The van der Waals surface area contributed by atoms with Crippen molar-refractivity contribution >= 4 is 29.7 Å². The number of aromatic nitrogens is 1. The van der Waals surface area contributed by atoms with Gasteiger partial charge in [-0.25, -0.2) is 4.79 Å². The average Bonchev–Trinajstić information content (AvgIpc) is 2.44. The van der Waals surface area contributed by atoms with Crippen LogP contribution in [0.4, 0.5) is 0 Å². The van der Waals surface area contributed by atoms with E-state index in [-0.39, 0.29) is 17.6 Å². The Kier molecular flexibility index (Phi) is 6.79. The molecular formula is C14H18N2O3S. The summed E-state index contributed by atoms with van der Waals surface area (Å²) in [7, 11) is 0. The first-order chi connectivity index (χ1) is 9.58. The summed E-state index contributed by atoms with van der Waals surface area (Å²) in [5.41, 5.74) is 0.732. The Labute approximate surface area is 122 Å². The number of pyridine rings is 1. The van der Waals surface area contributed by atoms with Crippen LogP contribution in [0.2, 0.25) is 0 Å². The van der Waals surface area contributed by atoms with Crippen LogP contribution in [0.3, 0.4) is 0 Å². The van der Waals surface area contributed by atoms with Crippen LogP contribution < -0.4 is 5.32 Å². The van der Waals surface area contributed by atoms with Gasteiger partial charge in [-0.1, -0.05) is 13.0 Å². The molecule has 0 spiro atoms. The van der Waals surface area contributed by atoms with Crippen molar-refractivity contribution in [3.8, 4) is 0 Å². The molecule has 20 heavy (non-hydrogen) atoms. The first-order valence-electron chi connectivity index (χ1n) is 6.24. The lowest BCUT2D eigenvalue weighted by Crippen LogP contribution is -2.36. The standard InChI is InChI=1S/C14H18N2O3S/c1-3-11(9-20-2)16-14(19)13-10(5-4-8-15-13)6-7-12(17)18/h4-8,11H,3,9H2,1-2H3,(H,16,19)(H,17,18)/b7-6+. The number of rotatable bonds is 7. The summed E-state index contributed by atoms with van der Waals surface area (Å²) in [5.74, 6) is -0.513. The smallest absolute Gasteiger partial charge is 0.328 e. The van der Waals surface area contributed by atoms with Gasteiger partial charge in [0.1, 0.15) is 5.69 Å². The van der Waals surface area contributed by atoms with Crippen LogP contribution in [0.5, 0.6) is 0 Å². The zero-order valence-corrected chi connectivity index (χ0v) is 12.3. The average molecular weight is 294 g/mol. The number of aliphatic carboxylic acids is 1. The third-order valence-electron chi connectivity index (χ3n) is 2.66. The van der Waals surface area contributed by atoms with Crippen LogP contribution in [-0.4, -0.2) is 40.0 Å². The van der Waals surface area contributed by atoms with Gasteiger partial charge in [0.2, 0.25) is 0 Å². The van der Waals surface area contributed by atoms with Crippen LogP contribution in [-0.2, 0) is 4.79 Å². The summed E-state index contributed by atoms with van der Waals surface area (Å²) < 4.78 is 0. The number of nitrogens with zero attached hydrogens (tertiary/aromatic N) is 1. The molecule has 6 heteroatoms. The number of thioether (sulfide) groups is 1. The SMILES string of the molecule is CCC(CSC)NC(=O)c1ncccc1/C=C/C(=O)O. The molecule has 0 fully saturated rings. The van der Waals surface area contributed by atoms with E-state index in [1.54, 1.807) is 23.9 Å². The number of carbonyl (C=O) groups excluding carboxylic acids is 1. The summed E-state index contributed by atoms with van der Waals surface area (Å²) in [5, 5.41) is 11.6. The van der Waals surface area contributed by atoms with Crippen molar-refractivity contribution in [3.63, 3.8) is 0 Å². The fraction of sp³-hybridized carbons (Fsp3) is 0.357. The van der Waals surface area contributed by atoms with Crippen molar-refractivity contribution < 1.29 is 14.7 Å². The second kappa shape index (κ2) is 8.37. The quantitative estimate of drug-likeness (QED) is 0.752. The highest BCUT2D eigenvalue weighted by molar-refractivity contribution is 7.98. The molecule has 5 nitrogen and oxygen atoms in total. The Hall–Kier alpha value is -1.82. The Morgan fingerprint density at radius 2 is 2.30 bits per heavy atom. The molecule has 2 N–H and O–H groups in total. The van der Waals surface area contributed by atoms with E-state index in [0.717, 1.165) is 18.2 Å². The molecule has 1 aromatic rings. The van der Waals surface area contributed by atoms with Crippen LogP contribution in [0.15, 0.2) is 24.4 Å². The fourth-order valence-electron chi connectivity index (χ4n) is 1.62. The monoisotopic (exact) mass is 294 g/mol. The minimum atomic E-state index is -1.06. The van der Waals surface area contributed by atoms with E-state index in [0.29, 0.717) is 5.56 Å². The highest BCUT2D eigenvalue weighted by Gasteiger charge is 2.15. The molecule has 0 saturated heterocycles. The van der Waals surface area contributed by atoms with Crippen molar-refractivity contribution in [2.45, 2.75) is 19.4 Å². The van der Waals surface area contributed by atoms with Crippen LogP contribution in [0.25, 0.3) is 6.08 Å². The predicted octanol–water partition coefficient (Wildman–Crippen LogP) is 2.05. The van der Waals surface area contributed by atoms with Crippen molar-refractivity contribution in [1.29, 1.82) is 0 Å². The van der Waals surface area contributed by atoms with Crippen molar-refractivity contribution in [2.24, 2.45) is 0 Å². The molecule has 1 unspecified atom stereocenters. The summed E-state index contributed by atoms with van der Waals surface area (Å²) in [6.45, 7) is 2.00. The molecule has 0 aromatic carbocycles. The molecule has 0 saturated carbocycles. The van der Waals surface area contributed by atoms with Gasteiger partial charge < -0.3 is 10.4 Å². The molecule has 0 aliphatic carbocycles. The van der Waals surface area contributed by atoms with Gasteiger partial charge in [-0.2, -0.15) is 11.8 Å². The zero-order chi connectivity index (χ0) is 15.0. The van der Waals surface area contributed by atoms with E-state index in [2.05, 4.69) is 10.3 Å². The van der Waals surface area contributed by atoms with Crippen LogP contribution >= 0.6 is 11.8 Å². The highest BCUT2D eigenvalue weighted by Crippen LogP contribution is 2.09. The lowest BCUT2D eigenvalue weighted by molar-refractivity contribution is -0.131. The summed E-state index contributed by atoms with van der Waals surface area (Å²) >= 11 is 1.66. The third kappa shape index (κ3) is 5.05. The Morgan fingerprint density at radius 1 is 1.55 bits per heavy atom.